The number of hydrogen-bond acceptors (Lipinski definition) is 3. The van der Waals surface area contributed by atoms with Gasteiger partial charge >= 0.3 is 6.03 Å². The lowest BCUT2D eigenvalue weighted by molar-refractivity contribution is -0.134. The Hall–Kier alpha value is -3.15. The summed E-state index contributed by atoms with van der Waals surface area (Å²) in [5, 5.41) is 5.66. The number of carbonyl (C=O) groups is 3. The molecule has 0 spiro atoms. The normalized spacial score (nSPS) is 19.8. The largest absolute Gasteiger partial charge is 0.325 e. The zero-order valence-corrected chi connectivity index (χ0v) is 17.1. The van der Waals surface area contributed by atoms with E-state index in [2.05, 4.69) is 24.5 Å². The van der Waals surface area contributed by atoms with Crippen molar-refractivity contribution in [3.63, 3.8) is 0 Å². The topological polar surface area (TPSA) is 78.5 Å². The lowest BCUT2D eigenvalue weighted by Gasteiger charge is -2.25. The summed E-state index contributed by atoms with van der Waals surface area (Å²) in [5.74, 6) is -0.514. The number of hydrogen-bond donors (Lipinski definition) is 2. The number of amides is 4. The van der Waals surface area contributed by atoms with E-state index < -0.39 is 23.4 Å². The Labute approximate surface area is 171 Å². The van der Waals surface area contributed by atoms with Crippen LogP contribution < -0.4 is 10.6 Å². The Morgan fingerprint density at radius 2 is 1.72 bits per heavy atom. The quantitative estimate of drug-likeness (QED) is 0.698. The summed E-state index contributed by atoms with van der Waals surface area (Å²) in [6, 6.07) is 16.2. The molecule has 152 valence electrons. The van der Waals surface area contributed by atoms with E-state index in [0.717, 1.165) is 16.9 Å². The molecular weight excluding hydrogens is 366 g/mol. The molecule has 6 nitrogen and oxygen atoms in total. The molecule has 0 radical (unpaired) electrons. The minimum absolute atomic E-state index is 0.286. The fraction of sp³-hybridized carbons (Fsp3) is 0.348. The number of carbonyl (C=O) groups excluding carboxylic acids is 3. The van der Waals surface area contributed by atoms with Gasteiger partial charge in [0.05, 0.1) is 0 Å². The molecule has 1 aliphatic rings. The van der Waals surface area contributed by atoms with Crippen molar-refractivity contribution in [2.24, 2.45) is 0 Å². The van der Waals surface area contributed by atoms with Crippen LogP contribution >= 0.6 is 0 Å². The molecule has 1 saturated heterocycles. The van der Waals surface area contributed by atoms with Gasteiger partial charge in [-0.1, -0.05) is 69.3 Å². The van der Waals surface area contributed by atoms with E-state index in [0.29, 0.717) is 17.7 Å². The smallest absolute Gasteiger partial charge is 0.324 e. The van der Waals surface area contributed by atoms with Gasteiger partial charge in [0, 0.05) is 5.69 Å². The predicted octanol–water partition coefficient (Wildman–Crippen LogP) is 4.00. The third-order valence-corrected chi connectivity index (χ3v) is 5.65. The Morgan fingerprint density at radius 1 is 1.07 bits per heavy atom. The van der Waals surface area contributed by atoms with E-state index in [-0.39, 0.29) is 12.5 Å². The Kier molecular flexibility index (Phi) is 6.01. The van der Waals surface area contributed by atoms with Crippen LogP contribution in [0.25, 0.3) is 0 Å². The molecule has 0 aromatic heterocycles. The maximum absolute atomic E-state index is 13.1. The van der Waals surface area contributed by atoms with Gasteiger partial charge in [0.25, 0.3) is 5.91 Å². The van der Waals surface area contributed by atoms with Crippen molar-refractivity contribution in [3.8, 4) is 0 Å². The van der Waals surface area contributed by atoms with E-state index in [1.807, 2.05) is 61.5 Å². The summed E-state index contributed by atoms with van der Waals surface area (Å²) in [4.78, 5) is 39.4. The molecule has 1 fully saturated rings. The number of anilines is 1. The van der Waals surface area contributed by atoms with E-state index in [4.69, 9.17) is 0 Å². The molecule has 0 unspecified atom stereocenters. The number of imide groups is 1. The Bertz CT molecular complexity index is 913. The van der Waals surface area contributed by atoms with Crippen molar-refractivity contribution >= 4 is 23.5 Å². The molecule has 1 aliphatic heterocycles. The van der Waals surface area contributed by atoms with E-state index >= 15 is 0 Å². The summed E-state index contributed by atoms with van der Waals surface area (Å²) in [7, 11) is 0. The van der Waals surface area contributed by atoms with Gasteiger partial charge in [0.1, 0.15) is 12.1 Å². The molecule has 2 N–H and O–H groups in total. The van der Waals surface area contributed by atoms with Crippen LogP contribution in [0.2, 0.25) is 0 Å². The Balaban J connectivity index is 1.78. The van der Waals surface area contributed by atoms with E-state index in [1.54, 1.807) is 0 Å². The minimum Gasteiger partial charge on any atom is -0.324 e. The van der Waals surface area contributed by atoms with E-state index in [9.17, 15) is 14.4 Å². The van der Waals surface area contributed by atoms with Gasteiger partial charge in [0.15, 0.2) is 0 Å². The molecule has 0 aliphatic carbocycles. The molecule has 2 aromatic rings. The van der Waals surface area contributed by atoms with Crippen molar-refractivity contribution in [2.75, 3.05) is 11.9 Å². The van der Waals surface area contributed by atoms with Crippen molar-refractivity contribution in [1.82, 2.24) is 10.2 Å². The summed E-state index contributed by atoms with van der Waals surface area (Å²) in [6.07, 6.45) is 1.34. The van der Waals surface area contributed by atoms with Gasteiger partial charge in [-0.15, -0.1) is 0 Å². The van der Waals surface area contributed by atoms with Gasteiger partial charge in [-0.3, -0.25) is 14.5 Å². The first-order valence-electron chi connectivity index (χ1n) is 10.0. The average Bonchev–Trinajstić information content (AvgIpc) is 2.99. The monoisotopic (exact) mass is 393 g/mol. The minimum atomic E-state index is -1.13. The van der Waals surface area contributed by atoms with E-state index in [1.165, 1.54) is 0 Å². The number of urea groups is 1. The zero-order chi connectivity index (χ0) is 21.0. The zero-order valence-electron chi connectivity index (χ0n) is 17.1. The van der Waals surface area contributed by atoms with Gasteiger partial charge in [0.2, 0.25) is 5.91 Å². The first-order valence-corrected chi connectivity index (χ1v) is 10.0. The third kappa shape index (κ3) is 3.88. The van der Waals surface area contributed by atoms with Gasteiger partial charge < -0.3 is 10.6 Å². The highest BCUT2D eigenvalue weighted by Gasteiger charge is 2.51. The lowest BCUT2D eigenvalue weighted by Crippen LogP contribution is -2.44. The number of nitrogens with zero attached hydrogens (tertiary/aromatic N) is 1. The van der Waals surface area contributed by atoms with Crippen molar-refractivity contribution in [1.29, 1.82) is 0 Å². The highest BCUT2D eigenvalue weighted by molar-refractivity contribution is 6.10. The van der Waals surface area contributed by atoms with Gasteiger partial charge in [-0.05, 0) is 36.0 Å². The fourth-order valence-corrected chi connectivity index (χ4v) is 3.73. The summed E-state index contributed by atoms with van der Waals surface area (Å²) < 4.78 is 0. The number of nitrogens with one attached hydrogen (secondary N) is 2. The van der Waals surface area contributed by atoms with Crippen LogP contribution in [0.5, 0.6) is 0 Å². The van der Waals surface area contributed by atoms with Crippen LogP contribution in [0.1, 0.15) is 50.7 Å². The number of rotatable bonds is 7. The molecule has 0 bridgehead atoms. The fourth-order valence-electron chi connectivity index (χ4n) is 3.73. The molecule has 29 heavy (non-hydrogen) atoms. The highest BCUT2D eigenvalue weighted by atomic mass is 16.2. The molecular formula is C23H27N3O3. The molecule has 0 saturated carbocycles. The molecule has 3 rings (SSSR count). The standard InChI is InChI=1S/C23H27N3O3/c1-4-16(3)18-13-9-10-14-19(18)24-20(27)15-26-21(28)23(5-2,25-22(26)29)17-11-7-6-8-12-17/h6-14,16H,4-5,15H2,1-3H3,(H,24,27)(H,25,29)/t16-,23-/m0/s1. The molecule has 2 aromatic carbocycles. The maximum atomic E-state index is 13.1. The van der Waals surface area contributed by atoms with Crippen LogP contribution in [0.3, 0.4) is 0 Å². The van der Waals surface area contributed by atoms with Crippen molar-refractivity contribution in [3.05, 3.63) is 65.7 Å². The van der Waals surface area contributed by atoms with Crippen molar-refractivity contribution < 1.29 is 14.4 Å². The summed E-state index contributed by atoms with van der Waals surface area (Å²) >= 11 is 0. The van der Waals surface area contributed by atoms with Crippen LogP contribution in [-0.2, 0) is 15.1 Å². The second-order valence-corrected chi connectivity index (χ2v) is 7.39. The molecule has 4 amide bonds. The first-order chi connectivity index (χ1) is 13.9. The van der Waals surface area contributed by atoms with Crippen LogP contribution in [0.4, 0.5) is 10.5 Å². The third-order valence-electron chi connectivity index (χ3n) is 5.65. The summed E-state index contributed by atoms with van der Waals surface area (Å²) in [6.45, 7) is 5.70. The number of para-hydroxylation sites is 1. The van der Waals surface area contributed by atoms with Crippen molar-refractivity contribution in [2.45, 2.75) is 45.1 Å². The SMILES string of the molecule is CC[C@H](C)c1ccccc1NC(=O)CN1C(=O)N[C@@](CC)(c2ccccc2)C1=O. The second-order valence-electron chi connectivity index (χ2n) is 7.39. The first kappa shape index (κ1) is 20.6. The summed E-state index contributed by atoms with van der Waals surface area (Å²) in [5.41, 5.74) is 1.33. The molecule has 1 heterocycles. The van der Waals surface area contributed by atoms with Crippen LogP contribution in [0.15, 0.2) is 54.6 Å². The maximum Gasteiger partial charge on any atom is 0.325 e. The lowest BCUT2D eigenvalue weighted by atomic mass is 9.87. The van der Waals surface area contributed by atoms with Gasteiger partial charge in [-0.25, -0.2) is 4.79 Å². The van der Waals surface area contributed by atoms with Crippen LogP contribution in [0, 0.1) is 0 Å². The molecule has 6 heteroatoms. The van der Waals surface area contributed by atoms with Gasteiger partial charge in [-0.2, -0.15) is 0 Å². The second kappa shape index (κ2) is 8.47. The predicted molar refractivity (Wildman–Crippen MR) is 112 cm³/mol. The number of benzene rings is 2. The van der Waals surface area contributed by atoms with Crippen LogP contribution in [-0.4, -0.2) is 29.3 Å². The molecule has 2 atom stereocenters. The average molecular weight is 393 g/mol. The Morgan fingerprint density at radius 3 is 2.38 bits per heavy atom. The highest BCUT2D eigenvalue weighted by Crippen LogP contribution is 2.32.